The largest absolute Gasteiger partial charge is 0.320 e. The first-order chi connectivity index (χ1) is 12.0. The minimum atomic E-state index is -3.73. The van der Waals surface area contributed by atoms with Crippen molar-refractivity contribution in [3.8, 4) is 11.3 Å². The molecule has 1 aliphatic rings. The highest BCUT2D eigenvalue weighted by molar-refractivity contribution is 7.86. The molecule has 0 N–H and O–H groups in total. The average Bonchev–Trinajstić information content (AvgIpc) is 3.13. The summed E-state index contributed by atoms with van der Waals surface area (Å²) in [6, 6.07) is 10.8. The van der Waals surface area contributed by atoms with Gasteiger partial charge in [0.05, 0.1) is 30.5 Å². The fourth-order valence-electron chi connectivity index (χ4n) is 3.26. The molecule has 0 aliphatic carbocycles. The summed E-state index contributed by atoms with van der Waals surface area (Å²) in [7, 11) is -3.73. The highest BCUT2D eigenvalue weighted by Crippen LogP contribution is 2.47. The van der Waals surface area contributed by atoms with Crippen LogP contribution in [0.1, 0.15) is 23.3 Å². The summed E-state index contributed by atoms with van der Waals surface area (Å²) in [5, 5.41) is 0.210. The van der Waals surface area contributed by atoms with Crippen LogP contribution in [0.15, 0.2) is 55.1 Å². The van der Waals surface area contributed by atoms with E-state index in [1.54, 1.807) is 30.9 Å². The number of hydrogen-bond donors (Lipinski definition) is 0. The van der Waals surface area contributed by atoms with Crippen molar-refractivity contribution in [3.05, 3.63) is 71.4 Å². The number of pyridine rings is 1. The van der Waals surface area contributed by atoms with E-state index in [0.717, 1.165) is 23.1 Å². The first-order valence-electron chi connectivity index (χ1n) is 7.55. The summed E-state index contributed by atoms with van der Waals surface area (Å²) >= 11 is 6.24. The van der Waals surface area contributed by atoms with Crippen molar-refractivity contribution in [1.29, 1.82) is 0 Å². The third-order valence-corrected chi connectivity index (χ3v) is 5.05. The fourth-order valence-corrected chi connectivity index (χ4v) is 4.07. The maximum absolute atomic E-state index is 11.9. The number of fused-ring (bicyclic) bond motifs is 3. The monoisotopic (exact) mass is 375 g/mol. The van der Waals surface area contributed by atoms with Gasteiger partial charge < -0.3 is 4.57 Å². The van der Waals surface area contributed by atoms with Gasteiger partial charge in [-0.15, -0.1) is 0 Å². The van der Waals surface area contributed by atoms with Gasteiger partial charge in [-0.1, -0.05) is 41.9 Å². The van der Waals surface area contributed by atoms with Gasteiger partial charge in [-0.05, 0) is 11.6 Å². The summed E-state index contributed by atoms with van der Waals surface area (Å²) in [5.41, 5.74) is 3.36. The molecule has 0 saturated carbocycles. The molecule has 0 bridgehead atoms. The van der Waals surface area contributed by atoms with E-state index in [4.69, 9.17) is 15.8 Å². The Kier molecular flexibility index (Phi) is 3.87. The van der Waals surface area contributed by atoms with Crippen LogP contribution in [0.4, 0.5) is 0 Å². The van der Waals surface area contributed by atoms with Crippen LogP contribution >= 0.6 is 11.6 Å². The van der Waals surface area contributed by atoms with Crippen LogP contribution in [0, 0.1) is 0 Å². The average molecular weight is 376 g/mol. The molecule has 2 unspecified atom stereocenters. The zero-order chi connectivity index (χ0) is 17.6. The van der Waals surface area contributed by atoms with Crippen molar-refractivity contribution in [2.75, 3.05) is 6.26 Å². The van der Waals surface area contributed by atoms with Crippen LogP contribution in [0.3, 0.4) is 0 Å². The molecule has 4 rings (SSSR count). The van der Waals surface area contributed by atoms with Crippen molar-refractivity contribution in [2.45, 2.75) is 12.1 Å². The molecule has 0 spiro atoms. The maximum atomic E-state index is 11.9. The van der Waals surface area contributed by atoms with Crippen molar-refractivity contribution >= 4 is 21.7 Å². The molecule has 0 fully saturated rings. The van der Waals surface area contributed by atoms with Crippen LogP contribution < -0.4 is 0 Å². The van der Waals surface area contributed by atoms with E-state index >= 15 is 0 Å². The Bertz CT molecular complexity index is 1050. The van der Waals surface area contributed by atoms with Gasteiger partial charge >= 0.3 is 0 Å². The molecule has 3 aromatic rings. The van der Waals surface area contributed by atoms with E-state index in [0.29, 0.717) is 5.56 Å². The van der Waals surface area contributed by atoms with Gasteiger partial charge in [-0.3, -0.25) is 4.18 Å². The second-order valence-corrected chi connectivity index (χ2v) is 7.78. The normalized spacial score (nSPS) is 17.1. The Morgan fingerprint density at radius 2 is 2.04 bits per heavy atom. The third kappa shape index (κ3) is 2.84. The molecule has 8 heteroatoms. The second kappa shape index (κ2) is 5.94. The predicted molar refractivity (Wildman–Crippen MR) is 93.7 cm³/mol. The Hall–Kier alpha value is -2.22. The highest BCUT2D eigenvalue weighted by Gasteiger charge is 2.38. The minimum Gasteiger partial charge on any atom is -0.320 e. The summed E-state index contributed by atoms with van der Waals surface area (Å²) in [4.78, 5) is 8.26. The number of aromatic nitrogens is 3. The summed E-state index contributed by atoms with van der Waals surface area (Å²) in [6.07, 6.45) is 5.14. The molecule has 3 heterocycles. The maximum Gasteiger partial charge on any atom is 0.265 e. The number of halogens is 1. The Balaban J connectivity index is 1.93. The number of benzene rings is 1. The van der Waals surface area contributed by atoms with E-state index in [2.05, 4.69) is 9.97 Å². The Morgan fingerprint density at radius 1 is 1.24 bits per heavy atom. The summed E-state index contributed by atoms with van der Waals surface area (Å²) < 4.78 is 31.2. The van der Waals surface area contributed by atoms with Gasteiger partial charge in [0.2, 0.25) is 0 Å². The lowest BCUT2D eigenvalue weighted by molar-refractivity contribution is 0.170. The molecule has 2 atom stereocenters. The quantitative estimate of drug-likeness (QED) is 0.517. The van der Waals surface area contributed by atoms with Crippen LogP contribution in [-0.2, 0) is 14.3 Å². The van der Waals surface area contributed by atoms with Crippen LogP contribution in [0.2, 0.25) is 5.15 Å². The summed E-state index contributed by atoms with van der Waals surface area (Å²) in [6.45, 7) is 0. The first-order valence-corrected chi connectivity index (χ1v) is 9.75. The number of hydrogen-bond acceptors (Lipinski definition) is 5. The second-order valence-electron chi connectivity index (χ2n) is 5.82. The molecule has 1 aromatic carbocycles. The smallest absolute Gasteiger partial charge is 0.265 e. The van der Waals surface area contributed by atoms with Crippen molar-refractivity contribution in [1.82, 2.24) is 14.5 Å². The van der Waals surface area contributed by atoms with E-state index in [9.17, 15) is 8.42 Å². The first kappa shape index (κ1) is 16.3. The van der Waals surface area contributed by atoms with Gasteiger partial charge in [0.25, 0.3) is 10.1 Å². The SMILES string of the molecule is CS(=O)(=O)OC(c1cccnc1Cl)C1c2ccccc2-c2cncn21. The molecular formula is C17H14ClN3O3S. The number of imidazole rings is 1. The standard InChI is InChI=1S/C17H14ClN3O3S/c1-25(22,23)24-16(13-7-4-8-20-17(13)18)15-12-6-3-2-5-11(12)14-9-19-10-21(14)15/h2-10,15-16H,1H3. The van der Waals surface area contributed by atoms with Crippen LogP contribution in [-0.4, -0.2) is 29.2 Å². The lowest BCUT2D eigenvalue weighted by Gasteiger charge is -2.26. The van der Waals surface area contributed by atoms with Gasteiger partial charge in [0.15, 0.2) is 0 Å². The van der Waals surface area contributed by atoms with Gasteiger partial charge in [0, 0.05) is 17.3 Å². The molecule has 0 amide bonds. The van der Waals surface area contributed by atoms with Crippen LogP contribution in [0.25, 0.3) is 11.3 Å². The van der Waals surface area contributed by atoms with Gasteiger partial charge in [0.1, 0.15) is 11.3 Å². The predicted octanol–water partition coefficient (Wildman–Crippen LogP) is 3.22. The fraction of sp³-hybridized carbons (Fsp3) is 0.176. The molecule has 128 valence electrons. The van der Waals surface area contributed by atoms with Crippen molar-refractivity contribution < 1.29 is 12.6 Å². The zero-order valence-electron chi connectivity index (χ0n) is 13.2. The lowest BCUT2D eigenvalue weighted by atomic mass is 9.95. The van der Waals surface area contributed by atoms with Gasteiger partial charge in [-0.2, -0.15) is 8.42 Å². The van der Waals surface area contributed by atoms with Crippen LogP contribution in [0.5, 0.6) is 0 Å². The molecule has 25 heavy (non-hydrogen) atoms. The zero-order valence-corrected chi connectivity index (χ0v) is 14.8. The summed E-state index contributed by atoms with van der Waals surface area (Å²) in [5.74, 6) is 0. The van der Waals surface area contributed by atoms with Crippen molar-refractivity contribution in [3.63, 3.8) is 0 Å². The van der Waals surface area contributed by atoms with E-state index in [1.165, 1.54) is 0 Å². The van der Waals surface area contributed by atoms with Crippen molar-refractivity contribution in [2.24, 2.45) is 0 Å². The molecule has 6 nitrogen and oxygen atoms in total. The topological polar surface area (TPSA) is 74.1 Å². The molecular weight excluding hydrogens is 362 g/mol. The number of nitrogens with zero attached hydrogens (tertiary/aromatic N) is 3. The highest BCUT2D eigenvalue weighted by atomic mass is 35.5. The molecule has 0 saturated heterocycles. The Labute approximate surface area is 150 Å². The molecule has 1 aliphatic heterocycles. The van der Waals surface area contributed by atoms with E-state index < -0.39 is 22.3 Å². The minimum absolute atomic E-state index is 0.210. The van der Waals surface area contributed by atoms with E-state index in [1.807, 2.05) is 28.8 Å². The third-order valence-electron chi connectivity index (χ3n) is 4.18. The lowest BCUT2D eigenvalue weighted by Crippen LogP contribution is -2.22. The van der Waals surface area contributed by atoms with Gasteiger partial charge in [-0.25, -0.2) is 9.97 Å². The molecule has 0 radical (unpaired) electrons. The Morgan fingerprint density at radius 3 is 2.80 bits per heavy atom. The molecule has 2 aromatic heterocycles. The number of rotatable bonds is 4. The van der Waals surface area contributed by atoms with E-state index in [-0.39, 0.29) is 5.15 Å².